The zero-order valence-electron chi connectivity index (χ0n) is 10.0. The van der Waals surface area contributed by atoms with E-state index in [2.05, 4.69) is 45.9 Å². The average molecular weight is 201 g/mol. The van der Waals surface area contributed by atoms with E-state index in [9.17, 15) is 0 Å². The van der Waals surface area contributed by atoms with Gasteiger partial charge in [-0.15, -0.1) is 0 Å². The number of para-hydroxylation sites is 1. The third-order valence-corrected chi connectivity index (χ3v) is 3.07. The highest BCUT2D eigenvalue weighted by Gasteiger charge is 2.20. The van der Waals surface area contributed by atoms with Crippen LogP contribution in [0.25, 0.3) is 0 Å². The van der Waals surface area contributed by atoms with Gasteiger partial charge in [0.1, 0.15) is 0 Å². The third kappa shape index (κ3) is 1.83. The van der Waals surface area contributed by atoms with Crippen LogP contribution in [0.2, 0.25) is 0 Å². The smallest absolute Gasteiger partial charge is 0.0699 e. The normalized spacial score (nSPS) is 14.7. The minimum absolute atomic E-state index is 0.565. The lowest BCUT2D eigenvalue weighted by Crippen LogP contribution is -2.06. The van der Waals surface area contributed by atoms with E-state index in [1.54, 1.807) is 0 Å². The predicted octanol–water partition coefficient (Wildman–Crippen LogP) is 4.09. The molecule has 0 spiro atoms. The fourth-order valence-corrected chi connectivity index (χ4v) is 2.07. The van der Waals surface area contributed by atoms with Crippen LogP contribution in [0.15, 0.2) is 23.2 Å². The van der Waals surface area contributed by atoms with Gasteiger partial charge in [0.15, 0.2) is 0 Å². The molecule has 1 aliphatic rings. The van der Waals surface area contributed by atoms with Crippen LogP contribution in [0.4, 0.5) is 5.69 Å². The van der Waals surface area contributed by atoms with Crippen LogP contribution in [-0.2, 0) is 6.42 Å². The molecule has 0 unspecified atom stereocenters. The monoisotopic (exact) mass is 201 g/mol. The minimum atomic E-state index is 0.565. The van der Waals surface area contributed by atoms with Crippen LogP contribution in [0, 0.1) is 5.92 Å². The largest absolute Gasteiger partial charge is 0.257 e. The predicted molar refractivity (Wildman–Crippen MR) is 66.2 cm³/mol. The highest BCUT2D eigenvalue weighted by molar-refractivity contribution is 5.95. The molecule has 0 aromatic heterocycles. The van der Waals surface area contributed by atoms with Gasteiger partial charge in [0.05, 0.1) is 5.69 Å². The Balaban J connectivity index is 2.45. The molecule has 80 valence electrons. The molecule has 0 aliphatic carbocycles. The molecule has 0 fully saturated rings. The van der Waals surface area contributed by atoms with Gasteiger partial charge in [-0.25, -0.2) is 0 Å². The molecule has 1 aromatic carbocycles. The van der Waals surface area contributed by atoms with E-state index in [-0.39, 0.29) is 0 Å². The first-order valence-electron chi connectivity index (χ1n) is 5.79. The molecular formula is C14H19N. The van der Waals surface area contributed by atoms with Crippen molar-refractivity contribution in [1.82, 2.24) is 0 Å². The Hall–Kier alpha value is -1.11. The number of hydrogen-bond donors (Lipinski definition) is 0. The summed E-state index contributed by atoms with van der Waals surface area (Å²) in [6.45, 7) is 8.91. The standard InChI is InChI=1S/C14H19N/c1-9(2)12-7-5-6-11-8-13(10(3)4)15-14(11)12/h5-7,9-10H,8H2,1-4H3. The van der Waals surface area contributed by atoms with Crippen molar-refractivity contribution in [3.8, 4) is 0 Å². The van der Waals surface area contributed by atoms with E-state index in [0.29, 0.717) is 11.8 Å². The van der Waals surface area contributed by atoms with Gasteiger partial charge >= 0.3 is 0 Å². The number of nitrogens with zero attached hydrogens (tertiary/aromatic N) is 1. The lowest BCUT2D eigenvalue weighted by Gasteiger charge is -2.08. The van der Waals surface area contributed by atoms with Gasteiger partial charge in [-0.1, -0.05) is 45.9 Å². The molecule has 1 nitrogen and oxygen atoms in total. The van der Waals surface area contributed by atoms with Gasteiger partial charge in [-0.3, -0.25) is 4.99 Å². The molecule has 1 heteroatoms. The van der Waals surface area contributed by atoms with Crippen LogP contribution in [0.1, 0.15) is 44.7 Å². The van der Waals surface area contributed by atoms with Gasteiger partial charge in [-0.2, -0.15) is 0 Å². The second-order valence-corrected chi connectivity index (χ2v) is 4.94. The summed E-state index contributed by atoms with van der Waals surface area (Å²) >= 11 is 0. The van der Waals surface area contributed by atoms with Crippen molar-refractivity contribution in [3.63, 3.8) is 0 Å². The average Bonchev–Trinajstić information content (AvgIpc) is 2.60. The maximum Gasteiger partial charge on any atom is 0.0699 e. The topological polar surface area (TPSA) is 12.4 Å². The highest BCUT2D eigenvalue weighted by Crippen LogP contribution is 2.35. The summed E-state index contributed by atoms with van der Waals surface area (Å²) < 4.78 is 0. The van der Waals surface area contributed by atoms with Gasteiger partial charge in [-0.05, 0) is 23.0 Å². The fraction of sp³-hybridized carbons (Fsp3) is 0.500. The second kappa shape index (κ2) is 3.80. The summed E-state index contributed by atoms with van der Waals surface area (Å²) in [7, 11) is 0. The van der Waals surface area contributed by atoms with E-state index in [4.69, 9.17) is 4.99 Å². The van der Waals surface area contributed by atoms with Gasteiger partial charge in [0.2, 0.25) is 0 Å². The molecule has 2 rings (SSSR count). The number of aliphatic imine (C=N–C) groups is 1. The molecule has 0 N–H and O–H groups in total. The number of rotatable bonds is 2. The lowest BCUT2D eigenvalue weighted by atomic mass is 9.97. The first-order chi connectivity index (χ1) is 7.09. The fourth-order valence-electron chi connectivity index (χ4n) is 2.07. The Morgan fingerprint density at radius 3 is 2.40 bits per heavy atom. The third-order valence-electron chi connectivity index (χ3n) is 3.07. The van der Waals surface area contributed by atoms with E-state index in [0.717, 1.165) is 6.42 Å². The Morgan fingerprint density at radius 1 is 1.07 bits per heavy atom. The van der Waals surface area contributed by atoms with Crippen molar-refractivity contribution in [2.75, 3.05) is 0 Å². The van der Waals surface area contributed by atoms with E-state index in [1.807, 2.05) is 0 Å². The zero-order chi connectivity index (χ0) is 11.0. The van der Waals surface area contributed by atoms with Crippen molar-refractivity contribution in [1.29, 1.82) is 0 Å². The van der Waals surface area contributed by atoms with Crippen molar-refractivity contribution < 1.29 is 0 Å². The number of hydrogen-bond acceptors (Lipinski definition) is 1. The Kier molecular flexibility index (Phi) is 2.64. The van der Waals surface area contributed by atoms with Crippen LogP contribution >= 0.6 is 0 Å². The molecule has 1 heterocycles. The molecule has 0 radical (unpaired) electrons. The molecule has 1 aliphatic heterocycles. The Bertz CT molecular complexity index is 400. The quantitative estimate of drug-likeness (QED) is 0.683. The molecule has 0 bridgehead atoms. The minimum Gasteiger partial charge on any atom is -0.257 e. The van der Waals surface area contributed by atoms with Crippen molar-refractivity contribution >= 4 is 11.4 Å². The van der Waals surface area contributed by atoms with E-state index >= 15 is 0 Å². The first-order valence-corrected chi connectivity index (χ1v) is 5.79. The van der Waals surface area contributed by atoms with Crippen molar-refractivity contribution in [2.24, 2.45) is 10.9 Å². The lowest BCUT2D eigenvalue weighted by molar-refractivity contribution is 0.864. The van der Waals surface area contributed by atoms with Gasteiger partial charge in [0.25, 0.3) is 0 Å². The zero-order valence-corrected chi connectivity index (χ0v) is 10.0. The van der Waals surface area contributed by atoms with Crippen LogP contribution < -0.4 is 0 Å². The van der Waals surface area contributed by atoms with Gasteiger partial charge in [0, 0.05) is 12.1 Å². The maximum atomic E-state index is 4.79. The van der Waals surface area contributed by atoms with Crippen molar-refractivity contribution in [3.05, 3.63) is 29.3 Å². The molecule has 15 heavy (non-hydrogen) atoms. The highest BCUT2D eigenvalue weighted by atomic mass is 14.8. The van der Waals surface area contributed by atoms with Crippen LogP contribution in [-0.4, -0.2) is 5.71 Å². The molecule has 0 atom stereocenters. The summed E-state index contributed by atoms with van der Waals surface area (Å²) in [5.41, 5.74) is 5.38. The summed E-state index contributed by atoms with van der Waals surface area (Å²) in [5.74, 6) is 1.13. The summed E-state index contributed by atoms with van der Waals surface area (Å²) in [4.78, 5) is 4.79. The molecule has 0 saturated carbocycles. The second-order valence-electron chi connectivity index (χ2n) is 4.94. The molecule has 1 aromatic rings. The van der Waals surface area contributed by atoms with E-state index in [1.165, 1.54) is 22.5 Å². The summed E-state index contributed by atoms with van der Waals surface area (Å²) in [6, 6.07) is 6.57. The summed E-state index contributed by atoms with van der Waals surface area (Å²) in [6.07, 6.45) is 1.05. The van der Waals surface area contributed by atoms with Crippen LogP contribution in [0.3, 0.4) is 0 Å². The first kappa shape index (κ1) is 10.4. The Labute approximate surface area is 92.2 Å². The SMILES string of the molecule is CC(C)C1=Nc2c(cccc2C(C)C)C1. The van der Waals surface area contributed by atoms with E-state index < -0.39 is 0 Å². The number of fused-ring (bicyclic) bond motifs is 1. The molecular weight excluding hydrogens is 182 g/mol. The molecule has 0 amide bonds. The van der Waals surface area contributed by atoms with Crippen molar-refractivity contribution in [2.45, 2.75) is 40.0 Å². The maximum absolute atomic E-state index is 4.79. The van der Waals surface area contributed by atoms with Gasteiger partial charge < -0.3 is 0 Å². The molecule has 0 saturated heterocycles. The summed E-state index contributed by atoms with van der Waals surface area (Å²) in [5, 5.41) is 0. The number of benzene rings is 1. The Morgan fingerprint density at radius 2 is 1.80 bits per heavy atom. The van der Waals surface area contributed by atoms with Crippen LogP contribution in [0.5, 0.6) is 0 Å².